The minimum Gasteiger partial charge on any atom is -0.149 e. The van der Waals surface area contributed by atoms with Crippen molar-refractivity contribution < 1.29 is 0 Å². The van der Waals surface area contributed by atoms with Crippen molar-refractivity contribution in [2.75, 3.05) is 0 Å². The Kier molecular flexibility index (Phi) is 4.21. The van der Waals surface area contributed by atoms with Crippen molar-refractivity contribution in [2.45, 2.75) is 27.7 Å². The van der Waals surface area contributed by atoms with Crippen LogP contribution in [0.15, 0.2) is 48.7 Å². The first-order valence-electron chi connectivity index (χ1n) is 6.86. The second kappa shape index (κ2) is 5.59. The summed E-state index contributed by atoms with van der Waals surface area (Å²) in [5.74, 6) is 0. The number of hydrogen-bond acceptors (Lipinski definition) is 0. The molecule has 2 aromatic rings. The molecule has 0 aliphatic rings. The van der Waals surface area contributed by atoms with Crippen molar-refractivity contribution in [3.8, 4) is 0 Å². The van der Waals surface area contributed by atoms with Gasteiger partial charge in [0.25, 0.3) is 0 Å². The average molecular weight is 301 g/mol. The van der Waals surface area contributed by atoms with Gasteiger partial charge in [-0.1, -0.05) is 53.2 Å². The van der Waals surface area contributed by atoms with Crippen molar-refractivity contribution in [1.82, 2.24) is 0 Å². The first kappa shape index (κ1) is 15.1. The summed E-state index contributed by atoms with van der Waals surface area (Å²) in [4.78, 5) is 0. The van der Waals surface area contributed by atoms with E-state index in [1.54, 1.807) is 0 Å². The second-order valence-electron chi connectivity index (χ2n) is 5.55. The monoisotopic (exact) mass is 300 g/mol. The van der Waals surface area contributed by atoms with E-state index in [1.165, 1.54) is 32.6 Å². The van der Waals surface area contributed by atoms with Crippen LogP contribution in [0.1, 0.15) is 22.3 Å². The first-order valence-corrected chi connectivity index (χ1v) is 9.95. The fourth-order valence-corrected chi connectivity index (χ4v) is 6.75. The molecule has 0 spiro atoms. The fourth-order valence-electron chi connectivity index (χ4n) is 2.81. The molecule has 0 saturated carbocycles. The van der Waals surface area contributed by atoms with Gasteiger partial charge in [-0.15, -0.1) is 17.7 Å². The van der Waals surface area contributed by atoms with Crippen LogP contribution in [-0.2, 0) is 0 Å². The smallest absolute Gasteiger partial charge is 0.149 e. The highest BCUT2D eigenvalue weighted by Gasteiger charge is 2.34. The summed E-state index contributed by atoms with van der Waals surface area (Å²) in [6, 6.07) is 13.0. The molecule has 2 rings (SSSR count). The SMILES string of the molecule is C=C[Si](Cl)(c1ccc(C)cc1C)c1ccc(C)cc1C. The van der Waals surface area contributed by atoms with Gasteiger partial charge in [0, 0.05) is 0 Å². The van der Waals surface area contributed by atoms with Gasteiger partial charge in [-0.05, 0) is 49.2 Å². The maximum absolute atomic E-state index is 7.11. The molecule has 0 radical (unpaired) electrons. The third-order valence-electron chi connectivity index (χ3n) is 3.83. The van der Waals surface area contributed by atoms with Gasteiger partial charge in [-0.25, -0.2) is 0 Å². The molecule has 0 unspecified atom stereocenters. The molecule has 0 aromatic heterocycles. The standard InChI is InChI=1S/C18H21ClSi/c1-6-20(19,17-9-7-13(2)11-15(17)4)18-10-8-14(3)12-16(18)5/h6-12H,1H2,2-5H3. The van der Waals surface area contributed by atoms with Crippen molar-refractivity contribution in [3.05, 3.63) is 70.9 Å². The maximum atomic E-state index is 7.11. The number of aryl methyl sites for hydroxylation is 4. The Balaban J connectivity index is 2.67. The summed E-state index contributed by atoms with van der Waals surface area (Å²) in [7, 11) is -2.37. The van der Waals surface area contributed by atoms with Gasteiger partial charge in [0.15, 0.2) is 0 Å². The molecule has 0 aliphatic heterocycles. The van der Waals surface area contributed by atoms with Crippen molar-refractivity contribution in [2.24, 2.45) is 0 Å². The molecule has 0 N–H and O–H groups in total. The van der Waals surface area contributed by atoms with Gasteiger partial charge in [0.1, 0.15) is 0 Å². The predicted molar refractivity (Wildman–Crippen MR) is 92.9 cm³/mol. The van der Waals surface area contributed by atoms with E-state index in [-0.39, 0.29) is 0 Å². The lowest BCUT2D eigenvalue weighted by Gasteiger charge is -2.26. The molecule has 0 atom stereocenters. The van der Waals surface area contributed by atoms with E-state index in [1.807, 2.05) is 5.70 Å². The molecule has 0 saturated heterocycles. The Hall–Kier alpha value is -1.31. The molecule has 20 heavy (non-hydrogen) atoms. The van der Waals surface area contributed by atoms with Crippen molar-refractivity contribution in [1.29, 1.82) is 0 Å². The summed E-state index contributed by atoms with van der Waals surface area (Å²) < 4.78 is 0. The summed E-state index contributed by atoms with van der Waals surface area (Å²) in [6.07, 6.45) is 0. The molecular weight excluding hydrogens is 280 g/mol. The minimum atomic E-state index is -2.37. The van der Waals surface area contributed by atoms with Gasteiger partial charge in [-0.2, -0.15) is 0 Å². The van der Waals surface area contributed by atoms with E-state index in [4.69, 9.17) is 11.1 Å². The quantitative estimate of drug-likeness (QED) is 0.595. The second-order valence-corrected chi connectivity index (χ2v) is 10.3. The fraction of sp³-hybridized carbons (Fsp3) is 0.222. The summed E-state index contributed by atoms with van der Waals surface area (Å²) in [6.45, 7) is 12.5. The van der Waals surface area contributed by atoms with Gasteiger partial charge in [0.05, 0.1) is 0 Å². The van der Waals surface area contributed by atoms with Crippen LogP contribution in [0.2, 0.25) is 0 Å². The lowest BCUT2D eigenvalue weighted by Crippen LogP contribution is -2.54. The third kappa shape index (κ3) is 2.61. The van der Waals surface area contributed by atoms with Crippen LogP contribution in [0, 0.1) is 27.7 Å². The van der Waals surface area contributed by atoms with E-state index < -0.39 is 7.38 Å². The van der Waals surface area contributed by atoms with E-state index in [0.29, 0.717) is 0 Å². The molecular formula is C18H21ClSi. The lowest BCUT2D eigenvalue weighted by atomic mass is 10.1. The molecule has 2 heteroatoms. The highest BCUT2D eigenvalue weighted by atomic mass is 35.6. The third-order valence-corrected chi connectivity index (χ3v) is 8.77. The topological polar surface area (TPSA) is 0 Å². The Bertz CT molecular complexity index is 607. The molecule has 104 valence electrons. The Labute approximate surface area is 127 Å². The van der Waals surface area contributed by atoms with Gasteiger partial charge >= 0.3 is 0 Å². The minimum absolute atomic E-state index is 1.24. The van der Waals surface area contributed by atoms with E-state index in [0.717, 1.165) is 0 Å². The number of halogens is 1. The van der Waals surface area contributed by atoms with Crippen LogP contribution in [0.4, 0.5) is 0 Å². The van der Waals surface area contributed by atoms with Crippen LogP contribution in [0.5, 0.6) is 0 Å². The van der Waals surface area contributed by atoms with E-state index in [9.17, 15) is 0 Å². The summed E-state index contributed by atoms with van der Waals surface area (Å²) >= 11 is 7.11. The predicted octanol–water partition coefficient (Wildman–Crippen LogP) is 3.94. The highest BCUT2D eigenvalue weighted by Crippen LogP contribution is 2.17. The lowest BCUT2D eigenvalue weighted by molar-refractivity contribution is 1.40. The van der Waals surface area contributed by atoms with Crippen LogP contribution in [-0.4, -0.2) is 7.38 Å². The highest BCUT2D eigenvalue weighted by molar-refractivity contribution is 7.36. The zero-order valence-corrected chi connectivity index (χ0v) is 14.4. The molecule has 0 bridgehead atoms. The van der Waals surface area contributed by atoms with Crippen LogP contribution in [0.25, 0.3) is 0 Å². The molecule has 0 nitrogen and oxygen atoms in total. The molecule has 0 fully saturated rings. The van der Waals surface area contributed by atoms with Crippen LogP contribution < -0.4 is 10.4 Å². The molecule has 0 amide bonds. The number of benzene rings is 2. The van der Waals surface area contributed by atoms with Crippen LogP contribution in [0.3, 0.4) is 0 Å². The maximum Gasteiger partial charge on any atom is 0.240 e. The summed E-state index contributed by atoms with van der Waals surface area (Å²) in [5, 5.41) is 2.48. The first-order chi connectivity index (χ1) is 9.38. The van der Waals surface area contributed by atoms with Crippen molar-refractivity contribution >= 4 is 28.8 Å². The largest absolute Gasteiger partial charge is 0.240 e. The van der Waals surface area contributed by atoms with E-state index >= 15 is 0 Å². The van der Waals surface area contributed by atoms with Gasteiger partial charge in [-0.3, -0.25) is 0 Å². The normalized spacial score (nSPS) is 11.4. The van der Waals surface area contributed by atoms with E-state index in [2.05, 4.69) is 70.7 Å². The van der Waals surface area contributed by atoms with Crippen molar-refractivity contribution in [3.63, 3.8) is 0 Å². The molecule has 0 heterocycles. The Morgan fingerprint density at radius 1 is 0.850 bits per heavy atom. The molecule has 0 aliphatic carbocycles. The zero-order chi connectivity index (χ0) is 14.9. The van der Waals surface area contributed by atoms with Gasteiger partial charge < -0.3 is 0 Å². The summed E-state index contributed by atoms with van der Waals surface area (Å²) in [5.41, 5.74) is 7.02. The Morgan fingerprint density at radius 2 is 1.25 bits per heavy atom. The average Bonchev–Trinajstić information content (AvgIpc) is 2.37. The zero-order valence-electron chi connectivity index (χ0n) is 12.6. The number of rotatable bonds is 3. The van der Waals surface area contributed by atoms with Crippen LogP contribution >= 0.6 is 11.1 Å². The number of hydrogen-bond donors (Lipinski definition) is 0. The molecule has 2 aromatic carbocycles. The Morgan fingerprint density at radius 3 is 1.55 bits per heavy atom. The van der Waals surface area contributed by atoms with Gasteiger partial charge in [0.2, 0.25) is 7.38 Å².